The van der Waals surface area contributed by atoms with E-state index < -0.39 is 0 Å². The summed E-state index contributed by atoms with van der Waals surface area (Å²) in [4.78, 5) is 13.3. The molecule has 0 spiro atoms. The molecule has 238 valence electrons. The van der Waals surface area contributed by atoms with Gasteiger partial charge in [0.25, 0.3) is 5.91 Å². The zero-order valence-corrected chi connectivity index (χ0v) is 27.4. The summed E-state index contributed by atoms with van der Waals surface area (Å²) < 4.78 is 16.9. The maximum atomic E-state index is 13.3. The number of nitrogens with one attached hydrogen (secondary N) is 1. The van der Waals surface area contributed by atoms with Crippen LogP contribution in [0.3, 0.4) is 0 Å². The quantitative estimate of drug-likeness (QED) is 0.159. The maximum absolute atomic E-state index is 13.3. The molecular weight excluding hydrogens is 582 g/mol. The fourth-order valence-electron chi connectivity index (χ4n) is 5.43. The predicted octanol–water partition coefficient (Wildman–Crippen LogP) is 9.24. The predicted molar refractivity (Wildman–Crippen MR) is 190 cm³/mol. The topological polar surface area (TPSA) is 56.8 Å². The summed E-state index contributed by atoms with van der Waals surface area (Å²) in [5.74, 6) is 2.04. The van der Waals surface area contributed by atoms with Crippen LogP contribution in [0.2, 0.25) is 0 Å². The molecule has 0 heterocycles. The Morgan fingerprint density at radius 3 is 1.74 bits per heavy atom. The molecule has 1 amide bonds. The van der Waals surface area contributed by atoms with Crippen LogP contribution in [0.25, 0.3) is 11.1 Å². The van der Waals surface area contributed by atoms with E-state index in [0.717, 1.165) is 50.4 Å². The van der Waals surface area contributed by atoms with Gasteiger partial charge in [0.15, 0.2) is 6.61 Å². The molecule has 5 rings (SSSR count). The van der Waals surface area contributed by atoms with E-state index in [9.17, 15) is 4.79 Å². The van der Waals surface area contributed by atoms with Gasteiger partial charge < -0.3 is 19.5 Å². The third-order valence-electron chi connectivity index (χ3n) is 8.17. The average molecular weight is 624 g/mol. The number of aryl methyl sites for hydroxylation is 1. The Morgan fingerprint density at radius 1 is 0.617 bits per heavy atom. The minimum absolute atomic E-state index is 0.0914. The highest BCUT2D eigenvalue weighted by atomic mass is 16.5. The van der Waals surface area contributed by atoms with Crippen LogP contribution in [0.5, 0.6) is 17.2 Å². The normalized spacial score (nSPS) is 11.8. The van der Waals surface area contributed by atoms with Crippen molar-refractivity contribution in [3.8, 4) is 28.4 Å². The van der Waals surface area contributed by atoms with Crippen molar-refractivity contribution in [2.24, 2.45) is 0 Å². The molecule has 0 saturated heterocycles. The SMILES string of the molecule is COc1ccc(C(C)c2ccc(OCC(=O)NC(c3ccc(C)cc3)c3ccc(-c4ccccccccc4)cc3)cc2)c(OC)c1. The molecule has 0 aliphatic rings. The van der Waals surface area contributed by atoms with Gasteiger partial charge in [-0.15, -0.1) is 0 Å². The second kappa shape index (κ2) is 16.1. The van der Waals surface area contributed by atoms with Gasteiger partial charge in [-0.05, 0) is 52.9 Å². The van der Waals surface area contributed by atoms with Crippen LogP contribution in [-0.4, -0.2) is 26.7 Å². The average Bonchev–Trinajstić information content (AvgIpc) is 3.12. The second-order valence-corrected chi connectivity index (χ2v) is 11.4. The van der Waals surface area contributed by atoms with Crippen molar-refractivity contribution in [3.63, 3.8) is 0 Å². The Morgan fingerprint density at radius 2 is 1.15 bits per heavy atom. The molecule has 47 heavy (non-hydrogen) atoms. The molecule has 0 aliphatic carbocycles. The first kappa shape index (κ1) is 32.8. The first-order chi connectivity index (χ1) is 22.9. The van der Waals surface area contributed by atoms with Crippen molar-refractivity contribution < 1.29 is 19.0 Å². The monoisotopic (exact) mass is 623 g/mol. The van der Waals surface area contributed by atoms with Gasteiger partial charge in [0, 0.05) is 17.5 Å². The van der Waals surface area contributed by atoms with E-state index in [4.69, 9.17) is 14.2 Å². The van der Waals surface area contributed by atoms with Gasteiger partial charge in [-0.25, -0.2) is 0 Å². The first-order valence-corrected chi connectivity index (χ1v) is 15.7. The van der Waals surface area contributed by atoms with Crippen molar-refractivity contribution >= 4 is 5.91 Å². The molecule has 5 nitrogen and oxygen atoms in total. The van der Waals surface area contributed by atoms with E-state index >= 15 is 0 Å². The Kier molecular flexibility index (Phi) is 11.3. The van der Waals surface area contributed by atoms with E-state index in [0.29, 0.717) is 5.75 Å². The molecule has 1 N–H and O–H groups in total. The second-order valence-electron chi connectivity index (χ2n) is 11.4. The number of ether oxygens (including phenoxy) is 3. The largest absolute Gasteiger partial charge is 0.497 e. The van der Waals surface area contributed by atoms with Gasteiger partial charge in [-0.2, -0.15) is 0 Å². The van der Waals surface area contributed by atoms with Crippen LogP contribution in [-0.2, 0) is 4.79 Å². The van der Waals surface area contributed by atoms with Crippen LogP contribution in [0.15, 0.2) is 146 Å². The lowest BCUT2D eigenvalue weighted by atomic mass is 9.92. The summed E-state index contributed by atoms with van der Waals surface area (Å²) in [6.07, 6.45) is 0. The summed E-state index contributed by atoms with van der Waals surface area (Å²) in [6, 6.07) is 48.2. The molecule has 2 atom stereocenters. The first-order valence-electron chi connectivity index (χ1n) is 15.7. The van der Waals surface area contributed by atoms with E-state index in [-0.39, 0.29) is 24.5 Å². The molecule has 5 aromatic rings. The fraction of sp³-hybridized carbons (Fsp3) is 0.167. The molecule has 0 aromatic heterocycles. The van der Waals surface area contributed by atoms with Crippen molar-refractivity contribution in [1.82, 2.24) is 5.32 Å². The van der Waals surface area contributed by atoms with Gasteiger partial charge in [-0.3, -0.25) is 4.79 Å². The third-order valence-corrected chi connectivity index (χ3v) is 8.17. The number of hydrogen-bond donors (Lipinski definition) is 1. The molecular formula is C42H41NO4. The Bertz CT molecular complexity index is 1790. The molecule has 0 radical (unpaired) electrons. The number of methoxy groups -OCH3 is 2. The summed E-state index contributed by atoms with van der Waals surface area (Å²) >= 11 is 0. The molecule has 0 bridgehead atoms. The lowest BCUT2D eigenvalue weighted by Crippen LogP contribution is -2.33. The van der Waals surface area contributed by atoms with Gasteiger partial charge in [0.1, 0.15) is 17.2 Å². The standard InChI is InChI=1S/C42H41NO4/c1-30-14-16-35(17-15-30)42(36-20-18-34(19-21-36)33-12-10-8-6-5-7-9-11-13-33)43-41(44)29-47-37-24-22-32(23-25-37)31(2)39-27-26-38(45-3)28-40(39)46-4/h5-28,31,42H,29H2,1-4H3,(H,43,44). The number of hydrogen-bond acceptors (Lipinski definition) is 4. The minimum Gasteiger partial charge on any atom is -0.497 e. The molecule has 0 saturated carbocycles. The Labute approximate surface area is 278 Å². The van der Waals surface area contributed by atoms with Crippen LogP contribution in [0, 0.1) is 6.92 Å². The van der Waals surface area contributed by atoms with Crippen LogP contribution in [0.4, 0.5) is 0 Å². The summed E-state index contributed by atoms with van der Waals surface area (Å²) in [5, 5.41) is 3.20. The maximum Gasteiger partial charge on any atom is 0.258 e. The lowest BCUT2D eigenvalue weighted by molar-refractivity contribution is -0.123. The Hall–Kier alpha value is -5.55. The highest BCUT2D eigenvalue weighted by molar-refractivity contribution is 5.78. The van der Waals surface area contributed by atoms with Crippen molar-refractivity contribution in [2.75, 3.05) is 20.8 Å². The third kappa shape index (κ3) is 8.80. The molecule has 5 aromatic carbocycles. The van der Waals surface area contributed by atoms with E-state index in [2.05, 4.69) is 79.8 Å². The highest BCUT2D eigenvalue weighted by Crippen LogP contribution is 2.35. The van der Waals surface area contributed by atoms with Crippen LogP contribution in [0.1, 0.15) is 46.7 Å². The number of rotatable bonds is 11. The van der Waals surface area contributed by atoms with E-state index in [1.54, 1.807) is 14.2 Å². The van der Waals surface area contributed by atoms with Gasteiger partial charge in [0.2, 0.25) is 0 Å². The van der Waals surface area contributed by atoms with Crippen LogP contribution >= 0.6 is 0 Å². The smallest absolute Gasteiger partial charge is 0.258 e. The summed E-state index contributed by atoms with van der Waals surface area (Å²) in [7, 11) is 3.30. The van der Waals surface area contributed by atoms with Crippen molar-refractivity contribution in [3.05, 3.63) is 173 Å². The Balaban J connectivity index is 1.28. The van der Waals surface area contributed by atoms with Crippen molar-refractivity contribution in [1.29, 1.82) is 0 Å². The van der Waals surface area contributed by atoms with E-state index in [1.165, 1.54) is 0 Å². The number of carbonyl (C=O) groups excluding carboxylic acids is 1. The lowest BCUT2D eigenvalue weighted by Gasteiger charge is -2.21. The van der Waals surface area contributed by atoms with Gasteiger partial charge >= 0.3 is 0 Å². The number of carbonyl (C=O) groups is 1. The highest BCUT2D eigenvalue weighted by Gasteiger charge is 2.18. The zero-order chi connectivity index (χ0) is 33.0. The summed E-state index contributed by atoms with van der Waals surface area (Å²) in [6.45, 7) is 4.08. The summed E-state index contributed by atoms with van der Waals surface area (Å²) in [5.41, 5.74) is 7.50. The molecule has 0 fully saturated rings. The molecule has 0 aliphatic heterocycles. The van der Waals surface area contributed by atoms with E-state index in [1.807, 2.05) is 84.9 Å². The minimum atomic E-state index is -0.329. The van der Waals surface area contributed by atoms with Crippen LogP contribution < -0.4 is 19.5 Å². The van der Waals surface area contributed by atoms with Gasteiger partial charge in [-0.1, -0.05) is 134 Å². The number of benzene rings is 4. The fourth-order valence-corrected chi connectivity index (χ4v) is 5.43. The molecule has 5 heteroatoms. The van der Waals surface area contributed by atoms with Gasteiger partial charge in [0.05, 0.1) is 20.3 Å². The number of amides is 1. The van der Waals surface area contributed by atoms with Crippen molar-refractivity contribution in [2.45, 2.75) is 25.8 Å². The zero-order valence-electron chi connectivity index (χ0n) is 27.4. The molecule has 2 unspecified atom stereocenters.